The number of methoxy groups -OCH3 is 1. The molecule has 0 aliphatic carbocycles. The van der Waals surface area contributed by atoms with E-state index in [0.29, 0.717) is 16.4 Å². The summed E-state index contributed by atoms with van der Waals surface area (Å²) in [5.41, 5.74) is 2.18. The van der Waals surface area contributed by atoms with E-state index < -0.39 is 0 Å². The molecule has 3 heterocycles. The summed E-state index contributed by atoms with van der Waals surface area (Å²) in [4.78, 5) is 18.2. The minimum Gasteiger partial charge on any atom is -0.465 e. The van der Waals surface area contributed by atoms with Crippen LogP contribution in [0.25, 0.3) is 11.3 Å². The number of benzene rings is 1. The summed E-state index contributed by atoms with van der Waals surface area (Å²) in [6.45, 7) is 0. The molecule has 0 amide bonds. The second kappa shape index (κ2) is 7.44. The van der Waals surface area contributed by atoms with Gasteiger partial charge >= 0.3 is 5.97 Å². The van der Waals surface area contributed by atoms with Gasteiger partial charge in [0.1, 0.15) is 17.6 Å². The zero-order valence-corrected chi connectivity index (χ0v) is 16.3. The molecule has 1 aliphatic heterocycles. The molecule has 1 saturated heterocycles. The Morgan fingerprint density at radius 3 is 2.82 bits per heavy atom. The molecule has 0 radical (unpaired) electrons. The smallest absolute Gasteiger partial charge is 0.337 e. The summed E-state index contributed by atoms with van der Waals surface area (Å²) in [5.74, 6) is 1.06. The topological polar surface area (TPSA) is 67.6 Å². The number of ether oxygens (including phenoxy) is 1. The summed E-state index contributed by atoms with van der Waals surface area (Å²) < 4.78 is 11.0. The van der Waals surface area contributed by atoms with Crippen LogP contribution in [0.1, 0.15) is 33.9 Å². The molecule has 4 rings (SSSR count). The normalized spacial score (nSPS) is 18.8. The van der Waals surface area contributed by atoms with Gasteiger partial charge in [-0.25, -0.2) is 4.79 Å². The van der Waals surface area contributed by atoms with E-state index in [-0.39, 0.29) is 18.1 Å². The Kier molecular flexibility index (Phi) is 4.83. The van der Waals surface area contributed by atoms with Gasteiger partial charge in [-0.15, -0.1) is 0 Å². The lowest BCUT2D eigenvalue weighted by Crippen LogP contribution is -2.24. The number of nitrogens with one attached hydrogen (secondary N) is 1. The second-order valence-electron chi connectivity index (χ2n) is 6.51. The number of carbonyl (C=O) groups is 1. The molecule has 142 valence electrons. The van der Waals surface area contributed by atoms with E-state index in [1.165, 1.54) is 7.11 Å². The first-order valence-corrected chi connectivity index (χ1v) is 9.22. The first-order valence-electron chi connectivity index (χ1n) is 8.81. The zero-order chi connectivity index (χ0) is 19.7. The van der Waals surface area contributed by atoms with Crippen LogP contribution >= 0.6 is 12.2 Å². The summed E-state index contributed by atoms with van der Waals surface area (Å²) in [7, 11) is 3.30. The van der Waals surface area contributed by atoms with Crippen LogP contribution < -0.4 is 5.32 Å². The number of rotatable bonds is 4. The molecule has 28 heavy (non-hydrogen) atoms. The summed E-state index contributed by atoms with van der Waals surface area (Å²) >= 11 is 5.45. The van der Waals surface area contributed by atoms with Crippen LogP contribution in [0.15, 0.2) is 65.2 Å². The third kappa shape index (κ3) is 3.25. The predicted octanol–water partition coefficient (Wildman–Crippen LogP) is 3.73. The highest BCUT2D eigenvalue weighted by Gasteiger charge is 2.39. The monoisotopic (exact) mass is 393 g/mol. The number of aromatic nitrogens is 1. The molecule has 0 spiro atoms. The minimum absolute atomic E-state index is 0.112. The van der Waals surface area contributed by atoms with Gasteiger partial charge in [-0.1, -0.05) is 18.2 Å². The van der Waals surface area contributed by atoms with E-state index >= 15 is 0 Å². The molecule has 0 saturated carbocycles. The number of pyridine rings is 1. The van der Waals surface area contributed by atoms with E-state index in [1.807, 2.05) is 48.3 Å². The number of esters is 1. The molecular formula is C21H19N3O3S. The van der Waals surface area contributed by atoms with Crippen LogP contribution in [0, 0.1) is 0 Å². The standard InChI is InChI=1S/C21H19N3O3S/c1-24-19(18(23-21(24)28)15-8-3-4-11-22-15)17-10-9-16(27-17)13-6-5-7-14(12-13)20(25)26-2/h3-12,18-19H,1-2H3,(H,23,28)/t18-,19-/m1/s1. The molecule has 2 aromatic heterocycles. The van der Waals surface area contributed by atoms with E-state index in [2.05, 4.69) is 10.3 Å². The zero-order valence-electron chi connectivity index (χ0n) is 15.5. The number of likely N-dealkylation sites (N-methyl/N-ethyl adjacent to an activating group) is 1. The number of hydrogen-bond donors (Lipinski definition) is 1. The predicted molar refractivity (Wildman–Crippen MR) is 109 cm³/mol. The molecule has 7 heteroatoms. The van der Waals surface area contributed by atoms with Crippen LogP contribution in [-0.4, -0.2) is 35.1 Å². The Bertz CT molecular complexity index is 1020. The third-order valence-corrected chi connectivity index (χ3v) is 5.23. The number of thiocarbonyl (C=S) groups is 1. The van der Waals surface area contributed by atoms with E-state index in [0.717, 1.165) is 17.0 Å². The average Bonchev–Trinajstić information content (AvgIpc) is 3.33. The lowest BCUT2D eigenvalue weighted by Gasteiger charge is -2.21. The Morgan fingerprint density at radius 2 is 2.07 bits per heavy atom. The first-order chi connectivity index (χ1) is 13.6. The maximum atomic E-state index is 11.8. The fraction of sp³-hybridized carbons (Fsp3) is 0.190. The fourth-order valence-electron chi connectivity index (χ4n) is 3.40. The molecular weight excluding hydrogens is 374 g/mol. The molecule has 3 aromatic rings. The van der Waals surface area contributed by atoms with Crippen LogP contribution in [0.5, 0.6) is 0 Å². The van der Waals surface area contributed by atoms with Crippen molar-refractivity contribution in [3.05, 3.63) is 77.8 Å². The van der Waals surface area contributed by atoms with Crippen LogP contribution in [0.3, 0.4) is 0 Å². The van der Waals surface area contributed by atoms with Gasteiger partial charge in [0.25, 0.3) is 0 Å². The molecule has 6 nitrogen and oxygen atoms in total. The largest absolute Gasteiger partial charge is 0.465 e. The summed E-state index contributed by atoms with van der Waals surface area (Å²) in [6.07, 6.45) is 1.77. The third-order valence-electron chi connectivity index (χ3n) is 4.83. The Balaban J connectivity index is 1.68. The summed E-state index contributed by atoms with van der Waals surface area (Å²) in [5, 5.41) is 3.97. The maximum Gasteiger partial charge on any atom is 0.337 e. The Hall–Kier alpha value is -3.19. The van der Waals surface area contributed by atoms with Crippen molar-refractivity contribution in [3.63, 3.8) is 0 Å². The van der Waals surface area contributed by atoms with Crippen molar-refractivity contribution < 1.29 is 13.9 Å². The number of furan rings is 1. The molecule has 0 bridgehead atoms. The highest BCUT2D eigenvalue weighted by Crippen LogP contribution is 2.39. The van der Waals surface area contributed by atoms with E-state index in [9.17, 15) is 4.79 Å². The lowest BCUT2D eigenvalue weighted by molar-refractivity contribution is 0.0601. The van der Waals surface area contributed by atoms with Gasteiger partial charge in [-0.3, -0.25) is 4.98 Å². The summed E-state index contributed by atoms with van der Waals surface area (Å²) in [6, 6.07) is 16.6. The Labute approximate surface area is 168 Å². The first kappa shape index (κ1) is 18.2. The molecule has 1 aromatic carbocycles. The molecule has 1 aliphatic rings. The van der Waals surface area contributed by atoms with Gasteiger partial charge in [0.2, 0.25) is 0 Å². The van der Waals surface area contributed by atoms with Crippen molar-refractivity contribution in [2.45, 2.75) is 12.1 Å². The van der Waals surface area contributed by atoms with Crippen molar-refractivity contribution in [1.29, 1.82) is 0 Å². The number of nitrogens with zero attached hydrogens (tertiary/aromatic N) is 2. The quantitative estimate of drug-likeness (QED) is 0.535. The van der Waals surface area contributed by atoms with Crippen molar-refractivity contribution in [1.82, 2.24) is 15.2 Å². The van der Waals surface area contributed by atoms with Crippen molar-refractivity contribution in [2.24, 2.45) is 0 Å². The highest BCUT2D eigenvalue weighted by atomic mass is 32.1. The van der Waals surface area contributed by atoms with Gasteiger partial charge in [0.05, 0.1) is 24.4 Å². The molecule has 2 atom stereocenters. The maximum absolute atomic E-state index is 11.8. The number of hydrogen-bond acceptors (Lipinski definition) is 5. The minimum atomic E-state index is -0.381. The molecule has 0 unspecified atom stereocenters. The highest BCUT2D eigenvalue weighted by molar-refractivity contribution is 7.80. The molecule has 1 N–H and O–H groups in total. The van der Waals surface area contributed by atoms with Crippen LogP contribution in [-0.2, 0) is 4.74 Å². The van der Waals surface area contributed by atoms with Crippen LogP contribution in [0.4, 0.5) is 0 Å². The van der Waals surface area contributed by atoms with Gasteiger partial charge in [0, 0.05) is 18.8 Å². The lowest BCUT2D eigenvalue weighted by atomic mass is 10.0. The van der Waals surface area contributed by atoms with Gasteiger partial charge in [-0.2, -0.15) is 0 Å². The van der Waals surface area contributed by atoms with Gasteiger partial charge < -0.3 is 19.4 Å². The van der Waals surface area contributed by atoms with Crippen molar-refractivity contribution >= 4 is 23.3 Å². The van der Waals surface area contributed by atoms with Gasteiger partial charge in [-0.05, 0) is 48.6 Å². The average molecular weight is 393 g/mol. The van der Waals surface area contributed by atoms with Gasteiger partial charge in [0.15, 0.2) is 5.11 Å². The van der Waals surface area contributed by atoms with Crippen LogP contribution in [0.2, 0.25) is 0 Å². The fourth-order valence-corrected chi connectivity index (χ4v) is 3.64. The van der Waals surface area contributed by atoms with E-state index in [4.69, 9.17) is 21.4 Å². The van der Waals surface area contributed by atoms with E-state index in [1.54, 1.807) is 24.4 Å². The van der Waals surface area contributed by atoms with Crippen molar-refractivity contribution in [2.75, 3.05) is 14.2 Å². The SMILES string of the molecule is COC(=O)c1cccc(-c2ccc([C@@H]3[C@@H](c4ccccn4)NC(=S)N3C)o2)c1. The second-order valence-corrected chi connectivity index (χ2v) is 6.90. The molecule has 1 fully saturated rings. The van der Waals surface area contributed by atoms with Crippen molar-refractivity contribution in [3.8, 4) is 11.3 Å². The number of carbonyl (C=O) groups excluding carboxylic acids is 1. The Morgan fingerprint density at radius 1 is 1.21 bits per heavy atom.